The quantitative estimate of drug-likeness (QED) is 0.840. The van der Waals surface area contributed by atoms with E-state index in [1.807, 2.05) is 25.1 Å². The predicted octanol–water partition coefficient (Wildman–Crippen LogP) is 3.77. The van der Waals surface area contributed by atoms with Gasteiger partial charge in [0.2, 0.25) is 0 Å². The van der Waals surface area contributed by atoms with Crippen LogP contribution in [-0.4, -0.2) is 12.2 Å². The van der Waals surface area contributed by atoms with E-state index in [1.54, 1.807) is 7.11 Å². The highest BCUT2D eigenvalue weighted by molar-refractivity contribution is 7.80. The molecule has 0 atom stereocenters. The van der Waals surface area contributed by atoms with Crippen LogP contribution in [-0.2, 0) is 6.54 Å². The second-order valence-corrected chi connectivity index (χ2v) is 5.17. The Morgan fingerprint density at radius 1 is 1.14 bits per heavy atom. The zero-order valence-corrected chi connectivity index (χ0v) is 13.1. The average Bonchev–Trinajstić information content (AvgIpc) is 2.49. The fraction of sp³-hybridized carbons (Fsp3) is 0.188. The number of halogens is 2. The van der Waals surface area contributed by atoms with E-state index in [4.69, 9.17) is 17.0 Å². The van der Waals surface area contributed by atoms with E-state index in [2.05, 4.69) is 10.6 Å². The van der Waals surface area contributed by atoms with E-state index in [0.29, 0.717) is 16.4 Å². The largest absolute Gasteiger partial charge is 0.495 e. The van der Waals surface area contributed by atoms with Crippen LogP contribution >= 0.6 is 12.2 Å². The van der Waals surface area contributed by atoms with Gasteiger partial charge in [0, 0.05) is 6.54 Å². The van der Waals surface area contributed by atoms with E-state index in [9.17, 15) is 8.78 Å². The molecule has 0 saturated carbocycles. The zero-order chi connectivity index (χ0) is 16.1. The first kappa shape index (κ1) is 16.2. The summed E-state index contributed by atoms with van der Waals surface area (Å²) >= 11 is 5.20. The second kappa shape index (κ2) is 7.17. The van der Waals surface area contributed by atoms with E-state index in [-0.39, 0.29) is 6.54 Å². The summed E-state index contributed by atoms with van der Waals surface area (Å²) in [7, 11) is 1.58. The molecule has 3 nitrogen and oxygen atoms in total. The normalized spacial score (nSPS) is 10.2. The van der Waals surface area contributed by atoms with Crippen molar-refractivity contribution in [2.24, 2.45) is 0 Å². The molecular weight excluding hydrogens is 306 g/mol. The maximum Gasteiger partial charge on any atom is 0.171 e. The Bertz CT molecular complexity index is 692. The summed E-state index contributed by atoms with van der Waals surface area (Å²) < 4.78 is 31.2. The maximum absolute atomic E-state index is 13.1. The van der Waals surface area contributed by atoms with Crippen molar-refractivity contribution in [1.29, 1.82) is 0 Å². The number of methoxy groups -OCH3 is 1. The summed E-state index contributed by atoms with van der Waals surface area (Å²) in [6, 6.07) is 9.41. The highest BCUT2D eigenvalue weighted by Crippen LogP contribution is 2.25. The van der Waals surface area contributed by atoms with Crippen LogP contribution in [0.15, 0.2) is 36.4 Å². The Kier molecular flexibility index (Phi) is 5.27. The lowest BCUT2D eigenvalue weighted by Gasteiger charge is -2.14. The molecule has 0 aliphatic rings. The van der Waals surface area contributed by atoms with Crippen molar-refractivity contribution in [3.8, 4) is 5.75 Å². The molecule has 0 unspecified atom stereocenters. The first-order chi connectivity index (χ1) is 10.5. The highest BCUT2D eigenvalue weighted by Gasteiger charge is 2.06. The first-order valence-electron chi connectivity index (χ1n) is 6.63. The number of thiocarbonyl (C=S) groups is 1. The van der Waals surface area contributed by atoms with Crippen LogP contribution in [0, 0.1) is 18.6 Å². The van der Waals surface area contributed by atoms with Crippen LogP contribution in [0.25, 0.3) is 0 Å². The van der Waals surface area contributed by atoms with Gasteiger partial charge in [0.15, 0.2) is 16.7 Å². The van der Waals surface area contributed by atoms with Gasteiger partial charge >= 0.3 is 0 Å². The molecule has 0 fully saturated rings. The van der Waals surface area contributed by atoms with Crippen molar-refractivity contribution in [2.75, 3.05) is 12.4 Å². The molecule has 0 spiro atoms. The third kappa shape index (κ3) is 4.14. The van der Waals surface area contributed by atoms with Gasteiger partial charge in [-0.2, -0.15) is 0 Å². The molecule has 0 aliphatic heterocycles. The van der Waals surface area contributed by atoms with Gasteiger partial charge < -0.3 is 15.4 Å². The van der Waals surface area contributed by atoms with Crippen molar-refractivity contribution in [3.05, 3.63) is 59.2 Å². The third-order valence-electron chi connectivity index (χ3n) is 3.04. The van der Waals surface area contributed by atoms with Crippen molar-refractivity contribution in [1.82, 2.24) is 5.32 Å². The number of hydrogen-bond acceptors (Lipinski definition) is 2. The van der Waals surface area contributed by atoms with Crippen molar-refractivity contribution in [3.63, 3.8) is 0 Å². The average molecular weight is 322 g/mol. The lowest BCUT2D eigenvalue weighted by Crippen LogP contribution is -2.28. The molecule has 22 heavy (non-hydrogen) atoms. The molecule has 2 aromatic carbocycles. The van der Waals surface area contributed by atoms with E-state index >= 15 is 0 Å². The zero-order valence-electron chi connectivity index (χ0n) is 12.2. The predicted molar refractivity (Wildman–Crippen MR) is 87.1 cm³/mol. The summed E-state index contributed by atoms with van der Waals surface area (Å²) in [6.07, 6.45) is 0. The van der Waals surface area contributed by atoms with Crippen LogP contribution in [0.5, 0.6) is 5.75 Å². The van der Waals surface area contributed by atoms with Gasteiger partial charge in [0.05, 0.1) is 12.8 Å². The van der Waals surface area contributed by atoms with Crippen LogP contribution in [0.4, 0.5) is 14.5 Å². The van der Waals surface area contributed by atoms with Crippen LogP contribution in [0.1, 0.15) is 11.1 Å². The Balaban J connectivity index is 1.98. The lowest BCUT2D eigenvalue weighted by atomic mass is 10.2. The van der Waals surface area contributed by atoms with Crippen molar-refractivity contribution in [2.45, 2.75) is 13.5 Å². The molecule has 0 radical (unpaired) electrons. The summed E-state index contributed by atoms with van der Waals surface area (Å²) in [5, 5.41) is 6.34. The van der Waals surface area contributed by atoms with Gasteiger partial charge in [-0.3, -0.25) is 0 Å². The van der Waals surface area contributed by atoms with Gasteiger partial charge in [-0.15, -0.1) is 0 Å². The van der Waals surface area contributed by atoms with Crippen LogP contribution in [0.2, 0.25) is 0 Å². The van der Waals surface area contributed by atoms with Gasteiger partial charge in [0.1, 0.15) is 5.75 Å². The molecule has 0 saturated heterocycles. The van der Waals surface area contributed by atoms with Gasteiger partial charge in [-0.05, 0) is 54.5 Å². The maximum atomic E-state index is 13.1. The molecule has 0 heterocycles. The number of rotatable bonds is 4. The number of ether oxygens (including phenoxy) is 1. The SMILES string of the molecule is COc1ccc(C)cc1NC(=S)NCc1ccc(F)c(F)c1. The minimum Gasteiger partial charge on any atom is -0.495 e. The fourth-order valence-corrected chi connectivity index (χ4v) is 2.10. The number of nitrogens with one attached hydrogen (secondary N) is 2. The summed E-state index contributed by atoms with van der Waals surface area (Å²) in [6.45, 7) is 2.25. The third-order valence-corrected chi connectivity index (χ3v) is 3.29. The molecule has 0 aliphatic carbocycles. The molecule has 2 rings (SSSR count). The number of benzene rings is 2. The Morgan fingerprint density at radius 3 is 2.59 bits per heavy atom. The summed E-state index contributed by atoms with van der Waals surface area (Å²) in [5.74, 6) is -1.07. The molecule has 0 bridgehead atoms. The topological polar surface area (TPSA) is 33.3 Å². The molecule has 116 valence electrons. The van der Waals surface area contributed by atoms with Gasteiger partial charge in [-0.25, -0.2) is 8.78 Å². The summed E-state index contributed by atoms with van der Waals surface area (Å²) in [5.41, 5.74) is 2.40. The minimum atomic E-state index is -0.876. The monoisotopic (exact) mass is 322 g/mol. The number of anilines is 1. The highest BCUT2D eigenvalue weighted by atomic mass is 32.1. The Morgan fingerprint density at radius 2 is 1.91 bits per heavy atom. The smallest absolute Gasteiger partial charge is 0.171 e. The molecule has 2 N–H and O–H groups in total. The van der Waals surface area contributed by atoms with Crippen LogP contribution in [0.3, 0.4) is 0 Å². The van der Waals surface area contributed by atoms with Gasteiger partial charge in [-0.1, -0.05) is 12.1 Å². The van der Waals surface area contributed by atoms with E-state index in [0.717, 1.165) is 23.4 Å². The molecule has 0 aromatic heterocycles. The van der Waals surface area contributed by atoms with Gasteiger partial charge in [0.25, 0.3) is 0 Å². The minimum absolute atomic E-state index is 0.289. The summed E-state index contributed by atoms with van der Waals surface area (Å²) in [4.78, 5) is 0. The fourth-order valence-electron chi connectivity index (χ4n) is 1.92. The Hall–Kier alpha value is -2.21. The molecule has 2 aromatic rings. The van der Waals surface area contributed by atoms with E-state index in [1.165, 1.54) is 6.07 Å². The first-order valence-corrected chi connectivity index (χ1v) is 7.04. The molecule has 6 heteroatoms. The standard InChI is InChI=1S/C16H16F2N2OS/c1-10-3-6-15(21-2)14(7-10)20-16(22)19-9-11-4-5-12(17)13(18)8-11/h3-8H,9H2,1-2H3,(H2,19,20,22). The second-order valence-electron chi connectivity index (χ2n) is 4.76. The van der Waals surface area contributed by atoms with Crippen LogP contribution < -0.4 is 15.4 Å². The lowest BCUT2D eigenvalue weighted by molar-refractivity contribution is 0.417. The van der Waals surface area contributed by atoms with Crippen molar-refractivity contribution < 1.29 is 13.5 Å². The number of aryl methyl sites for hydroxylation is 1. The van der Waals surface area contributed by atoms with E-state index < -0.39 is 11.6 Å². The molecule has 0 amide bonds. The molecular formula is C16H16F2N2OS. The van der Waals surface area contributed by atoms with Crippen molar-refractivity contribution >= 4 is 23.0 Å². The number of hydrogen-bond donors (Lipinski definition) is 2. The Labute approximate surface area is 133 Å².